The Kier molecular flexibility index (Phi) is 6.61. The fourth-order valence-electron chi connectivity index (χ4n) is 3.90. The van der Waals surface area contributed by atoms with Crippen molar-refractivity contribution in [3.63, 3.8) is 0 Å². The minimum Gasteiger partial charge on any atom is -0.489 e. The summed E-state index contributed by atoms with van der Waals surface area (Å²) in [7, 11) is 1.81. The molecule has 1 aliphatic rings. The molecule has 3 aromatic heterocycles. The van der Waals surface area contributed by atoms with E-state index in [0.29, 0.717) is 54.7 Å². The molecule has 4 rings (SSSR count). The summed E-state index contributed by atoms with van der Waals surface area (Å²) in [6.07, 6.45) is 4.48. The fourth-order valence-corrected chi connectivity index (χ4v) is 3.90. The number of rotatable bonds is 9. The van der Waals surface area contributed by atoms with Gasteiger partial charge in [-0.2, -0.15) is 4.80 Å². The highest BCUT2D eigenvalue weighted by Gasteiger charge is 2.28. The van der Waals surface area contributed by atoms with Crippen LogP contribution in [0, 0.1) is 12.8 Å². The second-order valence-corrected chi connectivity index (χ2v) is 8.04. The molecule has 0 saturated heterocycles. The quantitative estimate of drug-likeness (QED) is 0.461. The molecule has 12 nitrogen and oxygen atoms in total. The maximum absolute atomic E-state index is 11.3. The number of aliphatic carboxylic acids is 1. The molecule has 3 heterocycles. The van der Waals surface area contributed by atoms with E-state index in [2.05, 4.69) is 42.6 Å². The van der Waals surface area contributed by atoms with Crippen molar-refractivity contribution >= 4 is 11.9 Å². The number of carboxylic acid groups (broad SMARTS) is 1. The van der Waals surface area contributed by atoms with E-state index in [1.807, 2.05) is 26.1 Å². The molecule has 174 valence electrons. The topological polar surface area (TPSA) is 146 Å². The number of nitrogens with zero attached hydrogens (tertiary/aromatic N) is 8. The van der Waals surface area contributed by atoms with Gasteiger partial charge in [0.25, 0.3) is 5.95 Å². The Labute approximate surface area is 190 Å². The molecule has 0 unspecified atom stereocenters. The van der Waals surface area contributed by atoms with Gasteiger partial charge in [0.1, 0.15) is 11.4 Å². The van der Waals surface area contributed by atoms with Crippen LogP contribution in [0.2, 0.25) is 0 Å². The van der Waals surface area contributed by atoms with Gasteiger partial charge in [-0.3, -0.25) is 4.79 Å². The number of carboxylic acids is 1. The minimum absolute atomic E-state index is 0.121. The highest BCUT2D eigenvalue weighted by atomic mass is 16.5. The van der Waals surface area contributed by atoms with Gasteiger partial charge < -0.3 is 15.2 Å². The predicted molar refractivity (Wildman–Crippen MR) is 118 cm³/mol. The van der Waals surface area contributed by atoms with Crippen LogP contribution in [0.15, 0.2) is 24.8 Å². The van der Waals surface area contributed by atoms with Crippen LogP contribution in [-0.4, -0.2) is 57.4 Å². The van der Waals surface area contributed by atoms with Gasteiger partial charge in [0.15, 0.2) is 0 Å². The van der Waals surface area contributed by atoms with Gasteiger partial charge >= 0.3 is 5.97 Å². The number of pyridine rings is 1. The van der Waals surface area contributed by atoms with E-state index in [-0.39, 0.29) is 12.0 Å². The SMILES string of the molecule is C=CCn1nnc(NCc2c(-c3ccc(O[C@H]4CCC[C@H](C(=O)O)C4)c(C)n3)nnn2C)n1. The number of hydrogen-bond donors (Lipinski definition) is 2. The Morgan fingerprint density at radius 1 is 1.33 bits per heavy atom. The lowest BCUT2D eigenvalue weighted by Gasteiger charge is -2.27. The van der Waals surface area contributed by atoms with Gasteiger partial charge in [0.05, 0.1) is 42.2 Å². The Balaban J connectivity index is 1.46. The van der Waals surface area contributed by atoms with Crippen LogP contribution in [-0.2, 0) is 24.9 Å². The fraction of sp³-hybridized carbons (Fsp3) is 0.476. The number of nitrogens with one attached hydrogen (secondary N) is 1. The molecule has 33 heavy (non-hydrogen) atoms. The van der Waals surface area contributed by atoms with E-state index in [9.17, 15) is 9.90 Å². The van der Waals surface area contributed by atoms with E-state index in [1.54, 1.807) is 10.8 Å². The molecule has 1 aliphatic carbocycles. The van der Waals surface area contributed by atoms with Gasteiger partial charge in [-0.1, -0.05) is 16.4 Å². The first-order valence-electron chi connectivity index (χ1n) is 10.8. The molecular formula is C21H27N9O3. The van der Waals surface area contributed by atoms with E-state index in [1.165, 1.54) is 4.80 Å². The number of aromatic nitrogens is 8. The Morgan fingerprint density at radius 2 is 2.18 bits per heavy atom. The smallest absolute Gasteiger partial charge is 0.306 e. The van der Waals surface area contributed by atoms with Crippen LogP contribution >= 0.6 is 0 Å². The average molecular weight is 454 g/mol. The zero-order valence-corrected chi connectivity index (χ0v) is 18.7. The molecule has 12 heteroatoms. The van der Waals surface area contributed by atoms with Crippen molar-refractivity contribution in [3.8, 4) is 17.1 Å². The van der Waals surface area contributed by atoms with Gasteiger partial charge in [0.2, 0.25) is 0 Å². The molecule has 0 amide bonds. The van der Waals surface area contributed by atoms with E-state index in [4.69, 9.17) is 4.74 Å². The maximum Gasteiger partial charge on any atom is 0.306 e. The van der Waals surface area contributed by atoms with Gasteiger partial charge in [-0.05, 0) is 50.0 Å². The van der Waals surface area contributed by atoms with Crippen LogP contribution < -0.4 is 10.1 Å². The Bertz CT molecular complexity index is 1140. The Morgan fingerprint density at radius 3 is 2.94 bits per heavy atom. The lowest BCUT2D eigenvalue weighted by atomic mass is 9.87. The molecule has 0 bridgehead atoms. The largest absolute Gasteiger partial charge is 0.489 e. The molecular weight excluding hydrogens is 426 g/mol. The highest BCUT2D eigenvalue weighted by Crippen LogP contribution is 2.30. The number of tetrazole rings is 1. The first-order chi connectivity index (χ1) is 15.9. The highest BCUT2D eigenvalue weighted by molar-refractivity contribution is 5.70. The number of allylic oxidation sites excluding steroid dienone is 1. The number of hydrogen-bond acceptors (Lipinski definition) is 9. The third-order valence-electron chi connectivity index (χ3n) is 5.65. The second-order valence-electron chi connectivity index (χ2n) is 8.04. The third kappa shape index (κ3) is 5.16. The summed E-state index contributed by atoms with van der Waals surface area (Å²) in [5.74, 6) is -0.0556. The summed E-state index contributed by atoms with van der Waals surface area (Å²) in [6, 6.07) is 3.70. The first-order valence-corrected chi connectivity index (χ1v) is 10.8. The molecule has 2 N–H and O–H groups in total. The molecule has 0 radical (unpaired) electrons. The monoisotopic (exact) mass is 453 g/mol. The van der Waals surface area contributed by atoms with Crippen molar-refractivity contribution in [2.45, 2.75) is 51.8 Å². The second kappa shape index (κ2) is 9.76. The van der Waals surface area contributed by atoms with Crippen molar-refractivity contribution in [2.24, 2.45) is 13.0 Å². The molecule has 1 saturated carbocycles. The van der Waals surface area contributed by atoms with E-state index < -0.39 is 5.97 Å². The predicted octanol–water partition coefficient (Wildman–Crippen LogP) is 1.99. The lowest BCUT2D eigenvalue weighted by molar-refractivity contribution is -0.143. The van der Waals surface area contributed by atoms with Crippen LogP contribution in [0.5, 0.6) is 5.75 Å². The molecule has 2 atom stereocenters. The third-order valence-corrected chi connectivity index (χ3v) is 5.65. The van der Waals surface area contributed by atoms with Crippen molar-refractivity contribution in [2.75, 3.05) is 5.32 Å². The molecule has 0 aromatic carbocycles. The maximum atomic E-state index is 11.3. The summed E-state index contributed by atoms with van der Waals surface area (Å²) >= 11 is 0. The van der Waals surface area contributed by atoms with Crippen molar-refractivity contribution < 1.29 is 14.6 Å². The average Bonchev–Trinajstić information content (AvgIpc) is 3.40. The van der Waals surface area contributed by atoms with Crippen molar-refractivity contribution in [1.29, 1.82) is 0 Å². The normalized spacial score (nSPS) is 18.1. The number of aryl methyl sites for hydroxylation is 2. The zero-order chi connectivity index (χ0) is 23.4. The molecule has 1 fully saturated rings. The van der Waals surface area contributed by atoms with E-state index >= 15 is 0 Å². The van der Waals surface area contributed by atoms with Crippen molar-refractivity contribution in [1.82, 2.24) is 40.2 Å². The van der Waals surface area contributed by atoms with E-state index in [0.717, 1.165) is 18.5 Å². The van der Waals surface area contributed by atoms with Crippen molar-refractivity contribution in [3.05, 3.63) is 36.2 Å². The molecule has 3 aromatic rings. The summed E-state index contributed by atoms with van der Waals surface area (Å²) in [5, 5.41) is 33.0. The minimum atomic E-state index is -0.754. The summed E-state index contributed by atoms with van der Waals surface area (Å²) in [5.41, 5.74) is 2.83. The molecule has 0 aliphatic heterocycles. The van der Waals surface area contributed by atoms with Crippen LogP contribution in [0.25, 0.3) is 11.4 Å². The zero-order valence-electron chi connectivity index (χ0n) is 18.7. The number of anilines is 1. The summed E-state index contributed by atoms with van der Waals surface area (Å²) < 4.78 is 7.78. The molecule has 0 spiro atoms. The number of ether oxygens (including phenoxy) is 1. The van der Waals surface area contributed by atoms with Gasteiger partial charge in [-0.25, -0.2) is 9.67 Å². The van der Waals surface area contributed by atoms with Gasteiger partial charge in [-0.15, -0.1) is 16.8 Å². The van der Waals surface area contributed by atoms with Crippen LogP contribution in [0.3, 0.4) is 0 Å². The first kappa shape index (κ1) is 22.4. The Hall–Kier alpha value is -3.83. The summed E-state index contributed by atoms with van der Waals surface area (Å²) in [4.78, 5) is 17.4. The number of carbonyl (C=O) groups is 1. The van der Waals surface area contributed by atoms with Gasteiger partial charge in [0, 0.05) is 7.05 Å². The standard InChI is InChI=1S/C21H27N9O3/c1-4-10-30-26-21(25-28-30)22-12-17-19(24-27-29(17)3)16-8-9-18(13(2)23-16)33-15-7-5-6-14(11-15)20(31)32/h4,8-9,14-15H,1,5-7,10-12H2,2-3H3,(H,22,26)(H,31,32)/t14-,15-/m0/s1. The summed E-state index contributed by atoms with van der Waals surface area (Å²) in [6.45, 7) is 6.38. The van der Waals surface area contributed by atoms with Crippen LogP contribution in [0.4, 0.5) is 5.95 Å². The van der Waals surface area contributed by atoms with Crippen LogP contribution in [0.1, 0.15) is 37.1 Å². The lowest BCUT2D eigenvalue weighted by Crippen LogP contribution is -2.29.